The highest BCUT2D eigenvalue weighted by Crippen LogP contribution is 2.65. The second-order valence-electron chi connectivity index (χ2n) is 18.0. The molecule has 3 heteroatoms. The summed E-state index contributed by atoms with van der Waals surface area (Å²) >= 11 is 3.83. The summed E-state index contributed by atoms with van der Waals surface area (Å²) in [6.45, 7) is 2.35. The van der Waals surface area contributed by atoms with Crippen molar-refractivity contribution in [3.05, 3.63) is 240 Å². The maximum Gasteiger partial charge on any atom is 0.0736 e. The van der Waals surface area contributed by atoms with E-state index in [0.717, 1.165) is 12.1 Å². The normalized spacial score (nSPS) is 16.7. The van der Waals surface area contributed by atoms with Gasteiger partial charge in [-0.05, 0) is 138 Å². The minimum absolute atomic E-state index is 0.485. The predicted molar refractivity (Wildman–Crippen MR) is 278 cm³/mol. The number of rotatable bonds is 4. The molecule has 0 amide bonds. The zero-order chi connectivity index (χ0) is 42.8. The van der Waals surface area contributed by atoms with E-state index in [0.29, 0.717) is 5.92 Å². The molecule has 14 rings (SSSR count). The minimum atomic E-state index is -0.503. The Kier molecular flexibility index (Phi) is 8.11. The van der Waals surface area contributed by atoms with Crippen LogP contribution in [0.2, 0.25) is 0 Å². The lowest BCUT2D eigenvalue weighted by Gasteiger charge is -2.41. The SMILES string of the molecule is CC1C=Cc2ccc3c(c2C1)-c1ccccc1C31c2ccccc2Sc2c(N(c3ccccc3)c3cc(-c4cc5ccccc5c5ccccc45)cc4sc5ccccc5c34)cccc21. The summed E-state index contributed by atoms with van der Waals surface area (Å²) in [6.07, 6.45) is 5.77. The van der Waals surface area contributed by atoms with Crippen molar-refractivity contribution in [3.63, 3.8) is 0 Å². The van der Waals surface area contributed by atoms with Gasteiger partial charge in [0, 0.05) is 35.7 Å². The molecule has 2 atom stereocenters. The predicted octanol–water partition coefficient (Wildman–Crippen LogP) is 17.5. The lowest BCUT2D eigenvalue weighted by molar-refractivity contribution is 0.707. The van der Waals surface area contributed by atoms with Gasteiger partial charge in [-0.15, -0.1) is 11.3 Å². The molecule has 2 aliphatic carbocycles. The standard InChI is InChI=1S/C62H41NS2/c1-38-30-31-39-32-33-52-59(49(39)34-38)46-22-9-11-24-50(46)62(52)51-25-12-14-29-57(51)65-61-53(62)26-15-27-54(61)63(42-17-3-2-4-18-42)55-36-41(37-58-60(55)47-23-10-13-28-56(47)64-58)48-35-40-16-5-6-19-43(40)44-20-7-8-21-45(44)48/h2-33,35-38H,34H2,1H3. The Hall–Kier alpha value is -7.17. The molecule has 0 bridgehead atoms. The first kappa shape index (κ1) is 37.2. The number of para-hydroxylation sites is 1. The van der Waals surface area contributed by atoms with Gasteiger partial charge in [0.25, 0.3) is 0 Å². The fourth-order valence-corrected chi connectivity index (χ4v) is 14.2. The van der Waals surface area contributed by atoms with E-state index in [1.807, 2.05) is 23.1 Å². The molecule has 0 saturated heterocycles. The average Bonchev–Trinajstić information content (AvgIpc) is 3.88. The van der Waals surface area contributed by atoms with Crippen molar-refractivity contribution in [2.24, 2.45) is 5.92 Å². The van der Waals surface area contributed by atoms with Crippen molar-refractivity contribution in [1.82, 2.24) is 0 Å². The van der Waals surface area contributed by atoms with Crippen molar-refractivity contribution in [1.29, 1.82) is 0 Å². The van der Waals surface area contributed by atoms with E-state index in [2.05, 4.69) is 224 Å². The Bertz CT molecular complexity index is 3820. The van der Waals surface area contributed by atoms with Gasteiger partial charge in [0.1, 0.15) is 0 Å². The van der Waals surface area contributed by atoms with Crippen molar-refractivity contribution in [2.75, 3.05) is 4.90 Å². The average molecular weight is 864 g/mol. The summed E-state index contributed by atoms with van der Waals surface area (Å²) in [4.78, 5) is 5.18. The van der Waals surface area contributed by atoms with E-state index >= 15 is 0 Å². The summed E-state index contributed by atoms with van der Waals surface area (Å²) in [6, 6.07) is 75.7. The largest absolute Gasteiger partial charge is 0.309 e. The second-order valence-corrected chi connectivity index (χ2v) is 20.1. The van der Waals surface area contributed by atoms with Gasteiger partial charge >= 0.3 is 0 Å². The van der Waals surface area contributed by atoms with Gasteiger partial charge in [-0.2, -0.15) is 0 Å². The molecule has 10 aromatic carbocycles. The first-order chi connectivity index (χ1) is 32.1. The van der Waals surface area contributed by atoms with Crippen LogP contribution in [-0.2, 0) is 11.8 Å². The van der Waals surface area contributed by atoms with Crippen molar-refractivity contribution < 1.29 is 0 Å². The van der Waals surface area contributed by atoms with E-state index < -0.39 is 5.41 Å². The van der Waals surface area contributed by atoms with Crippen molar-refractivity contribution >= 4 is 88.0 Å². The van der Waals surface area contributed by atoms with Gasteiger partial charge in [0.2, 0.25) is 0 Å². The van der Waals surface area contributed by atoms with Crippen LogP contribution in [0.4, 0.5) is 17.1 Å². The van der Waals surface area contributed by atoms with Gasteiger partial charge in [-0.25, -0.2) is 0 Å². The molecule has 2 unspecified atom stereocenters. The molecule has 0 radical (unpaired) electrons. The number of benzene rings is 10. The molecule has 0 fully saturated rings. The Morgan fingerprint density at radius 1 is 0.523 bits per heavy atom. The number of fused-ring (bicyclic) bond motifs is 17. The highest BCUT2D eigenvalue weighted by molar-refractivity contribution is 7.99. The molecular formula is C62H41NS2. The van der Waals surface area contributed by atoms with Crippen LogP contribution < -0.4 is 4.90 Å². The third kappa shape index (κ3) is 5.28. The molecule has 1 aromatic heterocycles. The molecule has 0 saturated carbocycles. The van der Waals surface area contributed by atoms with E-state index in [9.17, 15) is 0 Å². The molecule has 0 N–H and O–H groups in total. The summed E-state index contributed by atoms with van der Waals surface area (Å²) in [5.41, 5.74) is 16.6. The van der Waals surface area contributed by atoms with Crippen LogP contribution in [0.1, 0.15) is 40.3 Å². The molecule has 3 aliphatic rings. The van der Waals surface area contributed by atoms with Crippen LogP contribution in [0.5, 0.6) is 0 Å². The minimum Gasteiger partial charge on any atom is -0.309 e. The Morgan fingerprint density at radius 2 is 1.25 bits per heavy atom. The number of thiophene rings is 1. The van der Waals surface area contributed by atoms with Crippen LogP contribution >= 0.6 is 23.1 Å². The van der Waals surface area contributed by atoms with Crippen LogP contribution in [0.15, 0.2) is 216 Å². The number of allylic oxidation sites excluding steroid dienone is 1. The Balaban J connectivity index is 1.09. The van der Waals surface area contributed by atoms with Gasteiger partial charge < -0.3 is 4.90 Å². The maximum absolute atomic E-state index is 2.59. The number of anilines is 3. The van der Waals surface area contributed by atoms with Crippen molar-refractivity contribution in [2.45, 2.75) is 28.6 Å². The lowest BCUT2D eigenvalue weighted by atomic mass is 9.67. The van der Waals surface area contributed by atoms with E-state index in [1.54, 1.807) is 0 Å². The fraction of sp³-hybridized carbons (Fsp3) is 0.0645. The van der Waals surface area contributed by atoms with E-state index in [-0.39, 0.29) is 0 Å². The molecule has 1 spiro atoms. The van der Waals surface area contributed by atoms with Gasteiger partial charge in [0.15, 0.2) is 0 Å². The number of nitrogens with zero attached hydrogens (tertiary/aromatic N) is 1. The number of hydrogen-bond acceptors (Lipinski definition) is 3. The summed E-state index contributed by atoms with van der Waals surface area (Å²) < 4.78 is 2.57. The lowest BCUT2D eigenvalue weighted by Crippen LogP contribution is -2.32. The van der Waals surface area contributed by atoms with Crippen LogP contribution in [-0.4, -0.2) is 0 Å². The monoisotopic (exact) mass is 863 g/mol. The molecule has 2 heterocycles. The third-order valence-electron chi connectivity index (χ3n) is 14.4. The molecule has 11 aromatic rings. The zero-order valence-electron chi connectivity index (χ0n) is 35.8. The van der Waals surface area contributed by atoms with Crippen LogP contribution in [0, 0.1) is 5.92 Å². The first-order valence-corrected chi connectivity index (χ1v) is 24.3. The van der Waals surface area contributed by atoms with Crippen LogP contribution in [0.3, 0.4) is 0 Å². The molecular weight excluding hydrogens is 823 g/mol. The summed E-state index contributed by atoms with van der Waals surface area (Å²) in [5, 5.41) is 7.64. The van der Waals surface area contributed by atoms with Crippen LogP contribution in [0.25, 0.3) is 70.0 Å². The molecule has 1 aliphatic heterocycles. The van der Waals surface area contributed by atoms with Gasteiger partial charge in [-0.3, -0.25) is 0 Å². The fourth-order valence-electron chi connectivity index (χ4n) is 11.7. The van der Waals surface area contributed by atoms with E-state index in [1.165, 1.54) is 119 Å². The quantitative estimate of drug-likeness (QED) is 0.162. The molecule has 65 heavy (non-hydrogen) atoms. The highest BCUT2D eigenvalue weighted by atomic mass is 32.2. The number of hydrogen-bond donors (Lipinski definition) is 0. The Morgan fingerprint density at radius 3 is 2.14 bits per heavy atom. The topological polar surface area (TPSA) is 3.24 Å². The van der Waals surface area contributed by atoms with Gasteiger partial charge in [-0.1, -0.05) is 182 Å². The third-order valence-corrected chi connectivity index (χ3v) is 16.7. The molecule has 306 valence electrons. The first-order valence-electron chi connectivity index (χ1n) is 22.7. The summed E-state index contributed by atoms with van der Waals surface area (Å²) in [7, 11) is 0. The second kappa shape index (κ2) is 14.2. The van der Waals surface area contributed by atoms with E-state index in [4.69, 9.17) is 0 Å². The summed E-state index contributed by atoms with van der Waals surface area (Å²) in [5.74, 6) is 0.485. The smallest absolute Gasteiger partial charge is 0.0736 e. The molecule has 1 nitrogen and oxygen atoms in total. The van der Waals surface area contributed by atoms with Gasteiger partial charge in [0.05, 0.1) is 16.8 Å². The Labute approximate surface area is 387 Å². The maximum atomic E-state index is 2.59. The van der Waals surface area contributed by atoms with Crippen molar-refractivity contribution in [3.8, 4) is 22.3 Å². The highest BCUT2D eigenvalue weighted by Gasteiger charge is 2.51. The zero-order valence-corrected chi connectivity index (χ0v) is 37.4.